The summed E-state index contributed by atoms with van der Waals surface area (Å²) < 4.78 is 5.45. The van der Waals surface area contributed by atoms with E-state index >= 15 is 0 Å². The SMILES string of the molecule is C=C(C)CCc1cc(C)c(CC)cc1OC. The topological polar surface area (TPSA) is 9.23 Å². The van der Waals surface area contributed by atoms with E-state index in [2.05, 4.69) is 39.5 Å². The van der Waals surface area contributed by atoms with Crippen molar-refractivity contribution >= 4 is 0 Å². The fourth-order valence-electron chi connectivity index (χ4n) is 1.90. The molecule has 0 unspecified atom stereocenters. The predicted molar refractivity (Wildman–Crippen MR) is 70.2 cm³/mol. The van der Waals surface area contributed by atoms with Gasteiger partial charge in [0.1, 0.15) is 5.75 Å². The Kier molecular flexibility index (Phi) is 4.60. The Morgan fingerprint density at radius 3 is 2.50 bits per heavy atom. The van der Waals surface area contributed by atoms with Crippen LogP contribution in [0.1, 0.15) is 37.0 Å². The fourth-order valence-corrected chi connectivity index (χ4v) is 1.90. The molecule has 0 amide bonds. The van der Waals surface area contributed by atoms with Crippen molar-refractivity contribution in [1.29, 1.82) is 0 Å². The van der Waals surface area contributed by atoms with Crippen molar-refractivity contribution in [2.75, 3.05) is 7.11 Å². The minimum absolute atomic E-state index is 1.02. The zero-order chi connectivity index (χ0) is 12.1. The molecule has 0 heterocycles. The molecule has 16 heavy (non-hydrogen) atoms. The van der Waals surface area contributed by atoms with Crippen LogP contribution in [0.2, 0.25) is 0 Å². The molecular formula is C15H22O. The van der Waals surface area contributed by atoms with Gasteiger partial charge in [-0.15, -0.1) is 6.58 Å². The lowest BCUT2D eigenvalue weighted by atomic mass is 9.98. The van der Waals surface area contributed by atoms with Gasteiger partial charge in [0, 0.05) is 0 Å². The maximum atomic E-state index is 5.45. The second-order valence-corrected chi connectivity index (χ2v) is 4.40. The summed E-state index contributed by atoms with van der Waals surface area (Å²) in [7, 11) is 1.74. The molecule has 1 heteroatoms. The van der Waals surface area contributed by atoms with Crippen LogP contribution in [0.3, 0.4) is 0 Å². The molecular weight excluding hydrogens is 196 g/mol. The van der Waals surface area contributed by atoms with Gasteiger partial charge >= 0.3 is 0 Å². The summed E-state index contributed by atoms with van der Waals surface area (Å²) in [6.07, 6.45) is 3.10. The van der Waals surface area contributed by atoms with E-state index in [0.717, 1.165) is 25.0 Å². The lowest BCUT2D eigenvalue weighted by Crippen LogP contribution is -1.97. The maximum Gasteiger partial charge on any atom is 0.122 e. The minimum atomic E-state index is 1.02. The van der Waals surface area contributed by atoms with Gasteiger partial charge < -0.3 is 4.74 Å². The number of allylic oxidation sites excluding steroid dienone is 1. The summed E-state index contributed by atoms with van der Waals surface area (Å²) in [5.41, 5.74) is 5.25. The molecule has 0 radical (unpaired) electrons. The first-order valence-corrected chi connectivity index (χ1v) is 5.89. The lowest BCUT2D eigenvalue weighted by Gasteiger charge is -2.13. The molecule has 0 saturated heterocycles. The number of aryl methyl sites for hydroxylation is 3. The van der Waals surface area contributed by atoms with E-state index in [4.69, 9.17) is 4.74 Å². The monoisotopic (exact) mass is 218 g/mol. The first-order valence-electron chi connectivity index (χ1n) is 5.89. The molecule has 0 aliphatic rings. The molecule has 0 aliphatic carbocycles. The van der Waals surface area contributed by atoms with E-state index in [-0.39, 0.29) is 0 Å². The van der Waals surface area contributed by atoms with Crippen molar-refractivity contribution in [3.05, 3.63) is 41.0 Å². The van der Waals surface area contributed by atoms with Crippen LogP contribution in [-0.4, -0.2) is 7.11 Å². The van der Waals surface area contributed by atoms with Gasteiger partial charge in [-0.1, -0.05) is 18.6 Å². The van der Waals surface area contributed by atoms with Crippen molar-refractivity contribution in [2.45, 2.75) is 40.0 Å². The molecule has 0 atom stereocenters. The third-order valence-corrected chi connectivity index (χ3v) is 2.94. The Labute approximate surface area is 99.1 Å². The highest BCUT2D eigenvalue weighted by Gasteiger charge is 2.07. The molecule has 0 N–H and O–H groups in total. The number of hydrogen-bond donors (Lipinski definition) is 0. The molecule has 0 fully saturated rings. The normalized spacial score (nSPS) is 10.2. The Morgan fingerprint density at radius 1 is 1.31 bits per heavy atom. The minimum Gasteiger partial charge on any atom is -0.496 e. The summed E-state index contributed by atoms with van der Waals surface area (Å²) in [6.45, 7) is 10.4. The van der Waals surface area contributed by atoms with Crippen LogP contribution in [0.15, 0.2) is 24.3 Å². The molecule has 88 valence electrons. The fraction of sp³-hybridized carbons (Fsp3) is 0.467. The molecule has 0 saturated carbocycles. The van der Waals surface area contributed by atoms with Gasteiger partial charge in [-0.3, -0.25) is 0 Å². The number of benzene rings is 1. The van der Waals surface area contributed by atoms with Crippen molar-refractivity contribution < 1.29 is 4.74 Å². The molecule has 1 rings (SSSR count). The Balaban J connectivity index is 2.98. The van der Waals surface area contributed by atoms with E-state index in [0.29, 0.717) is 0 Å². The summed E-state index contributed by atoms with van der Waals surface area (Å²) in [4.78, 5) is 0. The van der Waals surface area contributed by atoms with Crippen molar-refractivity contribution in [3.63, 3.8) is 0 Å². The largest absolute Gasteiger partial charge is 0.496 e. The van der Waals surface area contributed by atoms with Crippen LogP contribution in [0.4, 0.5) is 0 Å². The van der Waals surface area contributed by atoms with E-state index in [9.17, 15) is 0 Å². The Morgan fingerprint density at radius 2 is 2.00 bits per heavy atom. The van der Waals surface area contributed by atoms with Crippen LogP contribution < -0.4 is 4.74 Å². The summed E-state index contributed by atoms with van der Waals surface area (Å²) >= 11 is 0. The van der Waals surface area contributed by atoms with Crippen molar-refractivity contribution in [2.24, 2.45) is 0 Å². The second kappa shape index (κ2) is 5.74. The molecule has 1 nitrogen and oxygen atoms in total. The molecule has 1 aromatic rings. The van der Waals surface area contributed by atoms with Gasteiger partial charge in [0.2, 0.25) is 0 Å². The third-order valence-electron chi connectivity index (χ3n) is 2.94. The molecule has 0 aliphatic heterocycles. The van der Waals surface area contributed by atoms with Gasteiger partial charge in [0.05, 0.1) is 7.11 Å². The summed E-state index contributed by atoms with van der Waals surface area (Å²) in [5.74, 6) is 1.02. The van der Waals surface area contributed by atoms with E-state index in [1.165, 1.54) is 22.3 Å². The third kappa shape index (κ3) is 3.13. The summed E-state index contributed by atoms with van der Waals surface area (Å²) in [5, 5.41) is 0. The number of hydrogen-bond acceptors (Lipinski definition) is 1. The van der Waals surface area contributed by atoms with E-state index in [1.807, 2.05) is 0 Å². The van der Waals surface area contributed by atoms with Crippen LogP contribution in [-0.2, 0) is 12.8 Å². The van der Waals surface area contributed by atoms with Gasteiger partial charge in [-0.05, 0) is 55.9 Å². The molecule has 0 bridgehead atoms. The van der Waals surface area contributed by atoms with Crippen molar-refractivity contribution in [3.8, 4) is 5.75 Å². The lowest BCUT2D eigenvalue weighted by molar-refractivity contribution is 0.409. The average molecular weight is 218 g/mol. The molecule has 1 aromatic carbocycles. The van der Waals surface area contributed by atoms with Gasteiger partial charge in [-0.25, -0.2) is 0 Å². The van der Waals surface area contributed by atoms with Crippen LogP contribution in [0, 0.1) is 6.92 Å². The van der Waals surface area contributed by atoms with E-state index < -0.39 is 0 Å². The highest BCUT2D eigenvalue weighted by Crippen LogP contribution is 2.25. The van der Waals surface area contributed by atoms with Gasteiger partial charge in [0.25, 0.3) is 0 Å². The summed E-state index contributed by atoms with van der Waals surface area (Å²) in [6, 6.07) is 4.42. The Hall–Kier alpha value is -1.24. The van der Waals surface area contributed by atoms with Crippen LogP contribution >= 0.6 is 0 Å². The van der Waals surface area contributed by atoms with Crippen molar-refractivity contribution in [1.82, 2.24) is 0 Å². The first kappa shape index (κ1) is 12.8. The molecule has 0 aromatic heterocycles. The standard InChI is InChI=1S/C15H22O/c1-6-13-10-15(16-5)14(9-12(13)4)8-7-11(2)3/h9-10H,2,6-8H2,1,3-5H3. The predicted octanol–water partition coefficient (Wildman–Crippen LogP) is 4.07. The van der Waals surface area contributed by atoms with Gasteiger partial charge in [0.15, 0.2) is 0 Å². The smallest absolute Gasteiger partial charge is 0.122 e. The number of rotatable bonds is 5. The zero-order valence-electron chi connectivity index (χ0n) is 10.9. The molecule has 0 spiro atoms. The Bertz CT molecular complexity index is 377. The maximum absolute atomic E-state index is 5.45. The van der Waals surface area contributed by atoms with E-state index in [1.54, 1.807) is 7.11 Å². The number of methoxy groups -OCH3 is 1. The second-order valence-electron chi connectivity index (χ2n) is 4.40. The van der Waals surface area contributed by atoms with Crippen LogP contribution in [0.5, 0.6) is 5.75 Å². The first-order chi connectivity index (χ1) is 7.58. The van der Waals surface area contributed by atoms with Gasteiger partial charge in [-0.2, -0.15) is 0 Å². The number of ether oxygens (including phenoxy) is 1. The quantitative estimate of drug-likeness (QED) is 0.677. The highest BCUT2D eigenvalue weighted by molar-refractivity contribution is 5.42. The average Bonchev–Trinajstić information content (AvgIpc) is 2.26. The highest BCUT2D eigenvalue weighted by atomic mass is 16.5. The zero-order valence-corrected chi connectivity index (χ0v) is 10.9. The van der Waals surface area contributed by atoms with Crippen LogP contribution in [0.25, 0.3) is 0 Å².